The number of benzene rings is 1. The van der Waals surface area contributed by atoms with E-state index >= 15 is 0 Å². The Bertz CT molecular complexity index is 1060. The Hall–Kier alpha value is -2.84. The number of amides is 2. The van der Waals surface area contributed by atoms with Crippen molar-refractivity contribution in [2.24, 2.45) is 0 Å². The van der Waals surface area contributed by atoms with Crippen LogP contribution in [0.15, 0.2) is 53.2 Å². The average Bonchev–Trinajstić information content (AvgIpc) is 3.61. The van der Waals surface area contributed by atoms with E-state index in [2.05, 4.69) is 5.32 Å². The molecule has 1 fully saturated rings. The Balaban J connectivity index is 1.75. The first kappa shape index (κ1) is 23.3. The van der Waals surface area contributed by atoms with Gasteiger partial charge in [-0.05, 0) is 47.9 Å². The van der Waals surface area contributed by atoms with E-state index in [1.54, 1.807) is 37.3 Å². The Morgan fingerprint density at radius 3 is 2.39 bits per heavy atom. The standard InChI is InChI=1S/C25H28N2O4S2/c1-30-20-12-11-18(15-21(20)31-2)27(23(28)16-19-9-5-13-32-19)24(22-10-6-14-33-22)25(29)26-17-7-3-4-8-17/h5-6,9-15,17,24H,3-4,7-8,16H2,1-2H3,(H,26,29)/t24-/m1/s1. The molecular weight excluding hydrogens is 456 g/mol. The van der Waals surface area contributed by atoms with Crippen LogP contribution in [0.4, 0.5) is 5.69 Å². The number of thiophene rings is 2. The number of methoxy groups -OCH3 is 2. The number of hydrogen-bond donors (Lipinski definition) is 1. The van der Waals surface area contributed by atoms with E-state index in [-0.39, 0.29) is 24.3 Å². The van der Waals surface area contributed by atoms with Crippen LogP contribution in [-0.4, -0.2) is 32.1 Å². The fraction of sp³-hybridized carbons (Fsp3) is 0.360. The first-order valence-electron chi connectivity index (χ1n) is 11.0. The maximum atomic E-state index is 13.7. The third kappa shape index (κ3) is 5.39. The van der Waals surface area contributed by atoms with Crippen molar-refractivity contribution in [3.63, 3.8) is 0 Å². The van der Waals surface area contributed by atoms with Crippen LogP contribution in [0.3, 0.4) is 0 Å². The van der Waals surface area contributed by atoms with Gasteiger partial charge in [0, 0.05) is 27.5 Å². The lowest BCUT2D eigenvalue weighted by Gasteiger charge is -2.32. The number of rotatable bonds is 9. The van der Waals surface area contributed by atoms with Crippen LogP contribution in [0.25, 0.3) is 0 Å². The zero-order chi connectivity index (χ0) is 23.2. The molecule has 1 N–H and O–H groups in total. The molecule has 1 aromatic carbocycles. The predicted molar refractivity (Wildman–Crippen MR) is 133 cm³/mol. The molecule has 2 aromatic heterocycles. The van der Waals surface area contributed by atoms with Crippen LogP contribution < -0.4 is 19.7 Å². The minimum Gasteiger partial charge on any atom is -0.493 e. The molecule has 4 rings (SSSR count). The molecule has 0 bridgehead atoms. The van der Waals surface area contributed by atoms with Crippen molar-refractivity contribution in [3.8, 4) is 11.5 Å². The minimum absolute atomic E-state index is 0.148. The summed E-state index contributed by atoms with van der Waals surface area (Å²) in [5.41, 5.74) is 0.592. The van der Waals surface area contributed by atoms with Gasteiger partial charge in [0.25, 0.3) is 0 Å². The lowest BCUT2D eigenvalue weighted by atomic mass is 10.1. The summed E-state index contributed by atoms with van der Waals surface area (Å²) in [5.74, 6) is 0.767. The first-order chi connectivity index (χ1) is 16.1. The first-order valence-corrected chi connectivity index (χ1v) is 12.8. The number of nitrogens with zero attached hydrogens (tertiary/aromatic N) is 1. The highest BCUT2D eigenvalue weighted by Crippen LogP contribution is 2.37. The molecule has 0 saturated heterocycles. The fourth-order valence-electron chi connectivity index (χ4n) is 4.23. The SMILES string of the molecule is COc1ccc(N(C(=O)Cc2cccs2)[C@@H](C(=O)NC2CCCC2)c2cccs2)cc1OC. The van der Waals surface area contributed by atoms with E-state index < -0.39 is 6.04 Å². The lowest BCUT2D eigenvalue weighted by molar-refractivity contribution is -0.126. The third-order valence-electron chi connectivity index (χ3n) is 5.84. The van der Waals surface area contributed by atoms with Gasteiger partial charge >= 0.3 is 0 Å². The van der Waals surface area contributed by atoms with E-state index in [0.29, 0.717) is 17.2 Å². The summed E-state index contributed by atoms with van der Waals surface area (Å²) in [6, 6.07) is 12.4. The molecular formula is C25H28N2O4S2. The lowest BCUT2D eigenvalue weighted by Crippen LogP contribution is -2.46. The van der Waals surface area contributed by atoms with E-state index in [1.165, 1.54) is 22.7 Å². The summed E-state index contributed by atoms with van der Waals surface area (Å²) in [7, 11) is 3.13. The van der Waals surface area contributed by atoms with Crippen molar-refractivity contribution < 1.29 is 19.1 Å². The van der Waals surface area contributed by atoms with Crippen LogP contribution in [0.1, 0.15) is 41.5 Å². The van der Waals surface area contributed by atoms with Gasteiger partial charge in [0.15, 0.2) is 11.5 Å². The number of anilines is 1. The maximum absolute atomic E-state index is 13.7. The molecule has 2 amide bonds. The fourth-order valence-corrected chi connectivity index (χ4v) is 5.74. The number of nitrogens with one attached hydrogen (secondary N) is 1. The van der Waals surface area contributed by atoms with Crippen molar-refractivity contribution in [3.05, 3.63) is 63.0 Å². The summed E-state index contributed by atoms with van der Waals surface area (Å²) in [4.78, 5) is 30.8. The van der Waals surface area contributed by atoms with Gasteiger partial charge < -0.3 is 14.8 Å². The molecule has 1 saturated carbocycles. The van der Waals surface area contributed by atoms with Crippen molar-refractivity contribution in [2.45, 2.75) is 44.2 Å². The Morgan fingerprint density at radius 2 is 1.76 bits per heavy atom. The molecule has 0 unspecified atom stereocenters. The van der Waals surface area contributed by atoms with E-state index in [1.807, 2.05) is 35.0 Å². The van der Waals surface area contributed by atoms with Crippen LogP contribution in [0.5, 0.6) is 11.5 Å². The van der Waals surface area contributed by atoms with Crippen molar-refractivity contribution in [2.75, 3.05) is 19.1 Å². The van der Waals surface area contributed by atoms with Crippen molar-refractivity contribution in [1.82, 2.24) is 5.32 Å². The largest absolute Gasteiger partial charge is 0.493 e. The van der Waals surface area contributed by atoms with E-state index in [9.17, 15) is 9.59 Å². The van der Waals surface area contributed by atoms with Gasteiger partial charge in [-0.2, -0.15) is 0 Å². The molecule has 3 aromatic rings. The predicted octanol–water partition coefficient (Wildman–Crippen LogP) is 5.20. The van der Waals surface area contributed by atoms with Gasteiger partial charge in [0.05, 0.1) is 20.6 Å². The van der Waals surface area contributed by atoms with Crippen LogP contribution >= 0.6 is 22.7 Å². The van der Waals surface area contributed by atoms with E-state index in [4.69, 9.17) is 9.47 Å². The van der Waals surface area contributed by atoms with Crippen LogP contribution in [0.2, 0.25) is 0 Å². The highest BCUT2D eigenvalue weighted by atomic mass is 32.1. The second-order valence-corrected chi connectivity index (χ2v) is 9.98. The molecule has 2 heterocycles. The molecule has 0 radical (unpaired) electrons. The summed E-state index contributed by atoms with van der Waals surface area (Å²) >= 11 is 3.01. The number of carbonyl (C=O) groups is 2. The second kappa shape index (κ2) is 10.9. The monoisotopic (exact) mass is 484 g/mol. The van der Waals surface area contributed by atoms with Gasteiger partial charge in [-0.3, -0.25) is 14.5 Å². The third-order valence-corrected chi connectivity index (χ3v) is 7.64. The van der Waals surface area contributed by atoms with Gasteiger partial charge in [0.1, 0.15) is 6.04 Å². The van der Waals surface area contributed by atoms with Crippen molar-refractivity contribution >= 4 is 40.2 Å². The second-order valence-electron chi connectivity index (χ2n) is 7.97. The zero-order valence-electron chi connectivity index (χ0n) is 18.8. The molecule has 1 aliphatic rings. The molecule has 1 atom stereocenters. The summed E-state index contributed by atoms with van der Waals surface area (Å²) in [6.07, 6.45) is 4.39. The Labute approximate surface area is 202 Å². The van der Waals surface area contributed by atoms with Gasteiger partial charge in [-0.1, -0.05) is 25.0 Å². The highest BCUT2D eigenvalue weighted by Gasteiger charge is 2.35. The number of ether oxygens (including phenoxy) is 2. The van der Waals surface area contributed by atoms with Crippen molar-refractivity contribution in [1.29, 1.82) is 0 Å². The van der Waals surface area contributed by atoms with Crippen LogP contribution in [-0.2, 0) is 16.0 Å². The molecule has 0 spiro atoms. The topological polar surface area (TPSA) is 67.9 Å². The molecule has 33 heavy (non-hydrogen) atoms. The average molecular weight is 485 g/mol. The summed E-state index contributed by atoms with van der Waals surface area (Å²) in [6.45, 7) is 0. The van der Waals surface area contributed by atoms with Gasteiger partial charge in [0.2, 0.25) is 11.8 Å². The number of hydrogen-bond acceptors (Lipinski definition) is 6. The Morgan fingerprint density at radius 1 is 1.03 bits per heavy atom. The molecule has 1 aliphatic carbocycles. The smallest absolute Gasteiger partial charge is 0.248 e. The number of carbonyl (C=O) groups excluding carboxylic acids is 2. The normalized spacial score (nSPS) is 14.6. The molecule has 174 valence electrons. The molecule has 6 nitrogen and oxygen atoms in total. The zero-order valence-corrected chi connectivity index (χ0v) is 20.4. The minimum atomic E-state index is -0.767. The highest BCUT2D eigenvalue weighted by molar-refractivity contribution is 7.10. The Kier molecular flexibility index (Phi) is 7.67. The van der Waals surface area contributed by atoms with E-state index in [0.717, 1.165) is 35.4 Å². The van der Waals surface area contributed by atoms with Gasteiger partial charge in [-0.15, -0.1) is 22.7 Å². The molecule has 8 heteroatoms. The van der Waals surface area contributed by atoms with Gasteiger partial charge in [-0.25, -0.2) is 0 Å². The van der Waals surface area contributed by atoms with Crippen LogP contribution in [0, 0.1) is 0 Å². The summed E-state index contributed by atoms with van der Waals surface area (Å²) < 4.78 is 10.9. The summed E-state index contributed by atoms with van der Waals surface area (Å²) in [5, 5.41) is 7.09. The maximum Gasteiger partial charge on any atom is 0.248 e. The molecule has 0 aliphatic heterocycles. The quantitative estimate of drug-likeness (QED) is 0.453.